The van der Waals surface area contributed by atoms with Crippen molar-refractivity contribution in [2.75, 3.05) is 18.1 Å². The first-order valence-corrected chi connectivity index (χ1v) is 8.16. The number of anilines is 1. The summed E-state index contributed by atoms with van der Waals surface area (Å²) in [5.41, 5.74) is 3.06. The zero-order valence-corrected chi connectivity index (χ0v) is 13.7. The molecule has 24 heavy (non-hydrogen) atoms. The molecule has 1 fully saturated rings. The Hall–Kier alpha value is -2.30. The standard InChI is InChI=1S/C19H16ClFN2O/c20-15-1-5-17(6-2-15)22-10-9-14(13-22)19-23(11-12-24-19)18-7-3-16(21)4-8-18/h1-10,13,19H,11-12H2. The third-order valence-electron chi connectivity index (χ3n) is 4.17. The second-order valence-electron chi connectivity index (χ2n) is 5.72. The monoisotopic (exact) mass is 342 g/mol. The SMILES string of the molecule is Fc1ccc(N2CCOC2c2ccn(-c3ccc(Cl)cc3)c2)cc1. The molecule has 5 heteroatoms. The maximum atomic E-state index is 13.2. The van der Waals surface area contributed by atoms with Crippen molar-refractivity contribution in [3.05, 3.63) is 83.4 Å². The summed E-state index contributed by atoms with van der Waals surface area (Å²) in [6, 6.07) is 16.2. The Labute approximate surface area is 144 Å². The quantitative estimate of drug-likeness (QED) is 0.680. The van der Waals surface area contributed by atoms with E-state index >= 15 is 0 Å². The van der Waals surface area contributed by atoms with Crippen LogP contribution in [0.5, 0.6) is 0 Å². The lowest BCUT2D eigenvalue weighted by atomic mass is 10.2. The van der Waals surface area contributed by atoms with Crippen LogP contribution in [-0.4, -0.2) is 17.7 Å². The minimum Gasteiger partial charge on any atom is -0.352 e. The van der Waals surface area contributed by atoms with Gasteiger partial charge in [0.25, 0.3) is 0 Å². The number of rotatable bonds is 3. The smallest absolute Gasteiger partial charge is 0.158 e. The van der Waals surface area contributed by atoms with Gasteiger partial charge >= 0.3 is 0 Å². The van der Waals surface area contributed by atoms with Crippen molar-refractivity contribution in [3.8, 4) is 5.69 Å². The van der Waals surface area contributed by atoms with E-state index < -0.39 is 0 Å². The van der Waals surface area contributed by atoms with Gasteiger partial charge in [-0.3, -0.25) is 0 Å². The Bertz CT molecular complexity index is 829. The van der Waals surface area contributed by atoms with Gasteiger partial charge in [0.2, 0.25) is 0 Å². The van der Waals surface area contributed by atoms with Gasteiger partial charge < -0.3 is 14.2 Å². The van der Waals surface area contributed by atoms with Crippen LogP contribution in [0.25, 0.3) is 5.69 Å². The van der Waals surface area contributed by atoms with Gasteiger partial charge in [0, 0.05) is 40.9 Å². The normalized spacial score (nSPS) is 17.4. The molecule has 1 unspecified atom stereocenters. The predicted molar refractivity (Wildman–Crippen MR) is 93.2 cm³/mol. The van der Waals surface area contributed by atoms with Crippen LogP contribution >= 0.6 is 11.6 Å². The number of halogens is 2. The van der Waals surface area contributed by atoms with E-state index in [2.05, 4.69) is 11.1 Å². The highest BCUT2D eigenvalue weighted by molar-refractivity contribution is 6.30. The van der Waals surface area contributed by atoms with E-state index in [0.29, 0.717) is 11.6 Å². The highest BCUT2D eigenvalue weighted by Crippen LogP contribution is 2.32. The second-order valence-corrected chi connectivity index (χ2v) is 6.16. The van der Waals surface area contributed by atoms with Crippen LogP contribution < -0.4 is 4.90 Å². The average molecular weight is 343 g/mol. The minimum atomic E-state index is -0.232. The summed E-state index contributed by atoms with van der Waals surface area (Å²) in [5, 5.41) is 0.716. The van der Waals surface area contributed by atoms with Crippen LogP contribution in [0.3, 0.4) is 0 Å². The van der Waals surface area contributed by atoms with Gasteiger partial charge in [-0.2, -0.15) is 0 Å². The first-order valence-electron chi connectivity index (χ1n) is 7.78. The van der Waals surface area contributed by atoms with Gasteiger partial charge in [-0.1, -0.05) is 11.6 Å². The lowest BCUT2D eigenvalue weighted by molar-refractivity contribution is 0.114. The topological polar surface area (TPSA) is 17.4 Å². The number of hydrogen-bond acceptors (Lipinski definition) is 2. The number of benzene rings is 2. The third-order valence-corrected chi connectivity index (χ3v) is 4.43. The van der Waals surface area contributed by atoms with Crippen LogP contribution in [0, 0.1) is 5.82 Å². The van der Waals surface area contributed by atoms with E-state index in [1.165, 1.54) is 12.1 Å². The zero-order chi connectivity index (χ0) is 16.5. The van der Waals surface area contributed by atoms with E-state index in [9.17, 15) is 4.39 Å². The Morgan fingerprint density at radius 2 is 1.67 bits per heavy atom. The molecule has 3 aromatic rings. The summed E-state index contributed by atoms with van der Waals surface area (Å²) in [6.07, 6.45) is 3.89. The molecule has 2 heterocycles. The molecule has 0 aliphatic carbocycles. The van der Waals surface area contributed by atoms with Crippen molar-refractivity contribution in [3.63, 3.8) is 0 Å². The van der Waals surface area contributed by atoms with E-state index in [4.69, 9.17) is 16.3 Å². The van der Waals surface area contributed by atoms with Crippen molar-refractivity contribution < 1.29 is 9.13 Å². The molecule has 1 aromatic heterocycles. The first-order chi connectivity index (χ1) is 11.7. The Morgan fingerprint density at radius 1 is 0.958 bits per heavy atom. The fourth-order valence-electron chi connectivity index (χ4n) is 2.98. The van der Waals surface area contributed by atoms with Crippen molar-refractivity contribution >= 4 is 17.3 Å². The largest absolute Gasteiger partial charge is 0.352 e. The van der Waals surface area contributed by atoms with Gasteiger partial charge in [-0.05, 0) is 54.6 Å². The summed E-state index contributed by atoms with van der Waals surface area (Å²) < 4.78 is 21.1. The Kier molecular flexibility index (Phi) is 4.00. The molecule has 2 aromatic carbocycles. The predicted octanol–water partition coefficient (Wildman–Crippen LogP) is 4.81. The molecule has 0 bridgehead atoms. The molecule has 1 atom stereocenters. The molecule has 1 saturated heterocycles. The van der Waals surface area contributed by atoms with Crippen molar-refractivity contribution in [1.82, 2.24) is 4.57 Å². The lowest BCUT2D eigenvalue weighted by Gasteiger charge is -2.24. The van der Waals surface area contributed by atoms with Crippen LogP contribution in [-0.2, 0) is 4.74 Å². The van der Waals surface area contributed by atoms with Gasteiger partial charge in [0.15, 0.2) is 6.23 Å². The Balaban J connectivity index is 1.61. The maximum absolute atomic E-state index is 13.2. The molecule has 0 saturated carbocycles. The molecule has 4 rings (SSSR count). The van der Waals surface area contributed by atoms with Crippen LogP contribution in [0.2, 0.25) is 5.02 Å². The second kappa shape index (κ2) is 6.30. The van der Waals surface area contributed by atoms with Crippen molar-refractivity contribution in [1.29, 1.82) is 0 Å². The zero-order valence-electron chi connectivity index (χ0n) is 12.9. The van der Waals surface area contributed by atoms with E-state index in [1.54, 1.807) is 12.1 Å². The van der Waals surface area contributed by atoms with Crippen molar-refractivity contribution in [2.24, 2.45) is 0 Å². The summed E-state index contributed by atoms with van der Waals surface area (Å²) in [6.45, 7) is 1.43. The van der Waals surface area contributed by atoms with Gasteiger partial charge in [0.05, 0.1) is 6.61 Å². The van der Waals surface area contributed by atoms with Crippen LogP contribution in [0.4, 0.5) is 10.1 Å². The fourth-order valence-corrected chi connectivity index (χ4v) is 3.10. The van der Waals surface area contributed by atoms with E-state index in [1.807, 2.05) is 41.1 Å². The van der Waals surface area contributed by atoms with E-state index in [-0.39, 0.29) is 12.0 Å². The fraction of sp³-hybridized carbons (Fsp3) is 0.158. The minimum absolute atomic E-state index is 0.163. The molecular weight excluding hydrogens is 327 g/mol. The molecule has 0 amide bonds. The van der Waals surface area contributed by atoms with Crippen LogP contribution in [0.1, 0.15) is 11.8 Å². The molecule has 0 N–H and O–H groups in total. The highest BCUT2D eigenvalue weighted by atomic mass is 35.5. The number of ether oxygens (including phenoxy) is 1. The van der Waals surface area contributed by atoms with Crippen LogP contribution in [0.15, 0.2) is 67.0 Å². The first kappa shape index (κ1) is 15.2. The Morgan fingerprint density at radius 3 is 2.42 bits per heavy atom. The summed E-state index contributed by atoms with van der Waals surface area (Å²) >= 11 is 5.94. The van der Waals surface area contributed by atoms with Crippen molar-refractivity contribution in [2.45, 2.75) is 6.23 Å². The van der Waals surface area contributed by atoms with E-state index in [0.717, 1.165) is 23.5 Å². The highest BCUT2D eigenvalue weighted by Gasteiger charge is 2.27. The van der Waals surface area contributed by atoms with Gasteiger partial charge in [0.1, 0.15) is 5.82 Å². The molecule has 3 nitrogen and oxygen atoms in total. The number of hydrogen-bond donors (Lipinski definition) is 0. The molecule has 1 aliphatic heterocycles. The molecule has 0 radical (unpaired) electrons. The molecule has 1 aliphatic rings. The summed E-state index contributed by atoms with van der Waals surface area (Å²) in [4.78, 5) is 2.14. The number of nitrogens with zero attached hydrogens (tertiary/aromatic N) is 2. The van der Waals surface area contributed by atoms with Gasteiger partial charge in [-0.15, -0.1) is 0 Å². The molecule has 122 valence electrons. The number of aromatic nitrogens is 1. The maximum Gasteiger partial charge on any atom is 0.158 e. The molecule has 0 spiro atoms. The third kappa shape index (κ3) is 2.90. The average Bonchev–Trinajstić information content (AvgIpc) is 3.25. The summed E-state index contributed by atoms with van der Waals surface area (Å²) in [5.74, 6) is -0.232. The molecular formula is C19H16ClFN2O. The van der Waals surface area contributed by atoms with Gasteiger partial charge in [-0.25, -0.2) is 4.39 Å². The lowest BCUT2D eigenvalue weighted by Crippen LogP contribution is -2.22. The summed E-state index contributed by atoms with van der Waals surface area (Å²) in [7, 11) is 0.